The summed E-state index contributed by atoms with van der Waals surface area (Å²) in [6.45, 7) is 2.22. The molecule has 0 unspecified atom stereocenters. The number of anilines is 1. The Morgan fingerprint density at radius 3 is 2.44 bits per heavy atom. The van der Waals surface area contributed by atoms with Crippen molar-refractivity contribution in [3.05, 3.63) is 56.5 Å². The van der Waals surface area contributed by atoms with Crippen molar-refractivity contribution in [1.29, 1.82) is 5.26 Å². The molecule has 27 heavy (non-hydrogen) atoms. The number of carbonyl (C=O) groups is 1. The molecule has 2 rings (SSSR count). The van der Waals surface area contributed by atoms with Crippen LogP contribution in [0.1, 0.15) is 12.5 Å². The van der Waals surface area contributed by atoms with E-state index in [1.54, 1.807) is 30.3 Å². The Kier molecular flexibility index (Phi) is 7.37. The smallest absolute Gasteiger partial charge is 0.266 e. The first-order chi connectivity index (χ1) is 12.9. The van der Waals surface area contributed by atoms with Crippen LogP contribution in [0.3, 0.4) is 0 Å². The van der Waals surface area contributed by atoms with Crippen molar-refractivity contribution in [1.82, 2.24) is 0 Å². The first-order valence-electron chi connectivity index (χ1n) is 7.78. The summed E-state index contributed by atoms with van der Waals surface area (Å²) < 4.78 is 10.7. The van der Waals surface area contributed by atoms with E-state index in [1.807, 2.05) is 13.0 Å². The van der Waals surface area contributed by atoms with Gasteiger partial charge in [-0.15, -0.1) is 0 Å². The molecule has 0 heterocycles. The third-order valence-corrected chi connectivity index (χ3v) is 4.32. The Labute approximate surface area is 172 Å². The van der Waals surface area contributed by atoms with Gasteiger partial charge in [-0.25, -0.2) is 0 Å². The van der Waals surface area contributed by atoms with Crippen LogP contribution in [0.4, 0.5) is 5.69 Å². The second-order valence-electron chi connectivity index (χ2n) is 5.19. The minimum atomic E-state index is -0.655. The lowest BCUT2D eigenvalue weighted by Crippen LogP contribution is -2.14. The number of methoxy groups -OCH3 is 1. The quantitative estimate of drug-likeness (QED) is 0.483. The van der Waals surface area contributed by atoms with Crippen LogP contribution in [0.5, 0.6) is 11.5 Å². The Hall–Kier alpha value is -2.39. The number of benzene rings is 2. The Morgan fingerprint density at radius 2 is 1.89 bits per heavy atom. The number of nitrogens with zero attached hydrogens (tertiary/aromatic N) is 1. The average Bonchev–Trinajstić information content (AvgIpc) is 2.63. The third kappa shape index (κ3) is 5.08. The molecule has 1 amide bonds. The molecule has 0 radical (unpaired) electrons. The molecule has 0 fully saturated rings. The summed E-state index contributed by atoms with van der Waals surface area (Å²) >= 11 is 18.3. The summed E-state index contributed by atoms with van der Waals surface area (Å²) in [7, 11) is 1.47. The molecule has 5 nitrogen and oxygen atoms in total. The molecule has 140 valence electrons. The number of hydrogen-bond donors (Lipinski definition) is 1. The van der Waals surface area contributed by atoms with Gasteiger partial charge in [0, 0.05) is 0 Å². The molecule has 1 N–H and O–H groups in total. The second-order valence-corrected chi connectivity index (χ2v) is 6.41. The topological polar surface area (TPSA) is 71.3 Å². The number of carbonyl (C=O) groups excluding carboxylic acids is 1. The van der Waals surface area contributed by atoms with Crippen LogP contribution < -0.4 is 14.8 Å². The van der Waals surface area contributed by atoms with Gasteiger partial charge >= 0.3 is 0 Å². The second kappa shape index (κ2) is 9.52. The van der Waals surface area contributed by atoms with E-state index in [-0.39, 0.29) is 21.3 Å². The molecule has 2 aromatic carbocycles. The van der Waals surface area contributed by atoms with E-state index in [9.17, 15) is 10.1 Å². The number of ether oxygens (including phenoxy) is 2. The van der Waals surface area contributed by atoms with Gasteiger partial charge in [0.05, 0.1) is 34.5 Å². The SMILES string of the molecule is CCOc1cc(/C=C(\C#N)C(=O)Nc2c(Cl)cccc2Cl)cc(Cl)c1OC. The predicted octanol–water partition coefficient (Wildman–Crippen LogP) is 5.60. The molecule has 0 aliphatic rings. The summed E-state index contributed by atoms with van der Waals surface area (Å²) in [4.78, 5) is 12.5. The number of halogens is 3. The van der Waals surface area contributed by atoms with Gasteiger partial charge in [0.25, 0.3) is 5.91 Å². The molecule has 0 saturated heterocycles. The summed E-state index contributed by atoms with van der Waals surface area (Å²) in [5.41, 5.74) is 0.575. The number of rotatable bonds is 6. The van der Waals surface area contributed by atoms with Gasteiger partial charge in [-0.3, -0.25) is 4.79 Å². The van der Waals surface area contributed by atoms with Crippen LogP contribution in [-0.4, -0.2) is 19.6 Å². The lowest BCUT2D eigenvalue weighted by Gasteiger charge is -2.12. The first kappa shape index (κ1) is 20.9. The van der Waals surface area contributed by atoms with Crippen LogP contribution in [0.25, 0.3) is 6.08 Å². The Morgan fingerprint density at radius 1 is 1.22 bits per heavy atom. The van der Waals surface area contributed by atoms with E-state index in [0.29, 0.717) is 28.7 Å². The van der Waals surface area contributed by atoms with Crippen molar-refractivity contribution in [3.8, 4) is 17.6 Å². The first-order valence-corrected chi connectivity index (χ1v) is 8.92. The maximum Gasteiger partial charge on any atom is 0.266 e. The zero-order valence-corrected chi connectivity index (χ0v) is 16.7. The summed E-state index contributed by atoms with van der Waals surface area (Å²) in [6, 6.07) is 9.86. The fourth-order valence-electron chi connectivity index (χ4n) is 2.25. The van der Waals surface area contributed by atoms with Crippen molar-refractivity contribution in [2.75, 3.05) is 19.0 Å². The highest BCUT2D eigenvalue weighted by atomic mass is 35.5. The number of amides is 1. The molecule has 0 aromatic heterocycles. The lowest BCUT2D eigenvalue weighted by molar-refractivity contribution is -0.112. The zero-order chi connectivity index (χ0) is 20.0. The minimum Gasteiger partial charge on any atom is -0.491 e. The van der Waals surface area contributed by atoms with E-state index >= 15 is 0 Å². The van der Waals surface area contributed by atoms with Crippen molar-refractivity contribution in [2.45, 2.75) is 6.92 Å². The van der Waals surface area contributed by atoms with Crippen molar-refractivity contribution < 1.29 is 14.3 Å². The molecule has 0 aliphatic heterocycles. The molecule has 0 aliphatic carbocycles. The number of hydrogen-bond acceptors (Lipinski definition) is 4. The number of para-hydroxylation sites is 1. The fraction of sp³-hybridized carbons (Fsp3) is 0.158. The Balaban J connectivity index is 2.38. The third-order valence-electron chi connectivity index (χ3n) is 3.41. The Bertz CT molecular complexity index is 916. The number of nitrogens with one attached hydrogen (secondary N) is 1. The van der Waals surface area contributed by atoms with E-state index in [0.717, 1.165) is 0 Å². The van der Waals surface area contributed by atoms with Crippen molar-refractivity contribution >= 4 is 52.5 Å². The molecular weight excluding hydrogens is 411 g/mol. The van der Waals surface area contributed by atoms with Gasteiger partial charge in [0.15, 0.2) is 11.5 Å². The van der Waals surface area contributed by atoms with E-state index < -0.39 is 5.91 Å². The molecule has 0 atom stereocenters. The van der Waals surface area contributed by atoms with Gasteiger partial charge in [-0.1, -0.05) is 40.9 Å². The van der Waals surface area contributed by atoms with Gasteiger partial charge in [0.1, 0.15) is 11.6 Å². The van der Waals surface area contributed by atoms with Gasteiger partial charge in [-0.05, 0) is 42.8 Å². The summed E-state index contributed by atoms with van der Waals surface area (Å²) in [5.74, 6) is 0.129. The maximum absolute atomic E-state index is 12.5. The van der Waals surface area contributed by atoms with E-state index in [4.69, 9.17) is 44.3 Å². The molecular formula is C19H15Cl3N2O3. The standard InChI is InChI=1S/C19H15Cl3N2O3/c1-3-27-16-9-11(8-15(22)18(16)26-2)7-12(10-23)19(25)24-17-13(20)5-4-6-14(17)21/h4-9H,3H2,1-2H3,(H,24,25)/b12-7+. The predicted molar refractivity (Wildman–Crippen MR) is 108 cm³/mol. The van der Waals surface area contributed by atoms with Crippen LogP contribution in [-0.2, 0) is 4.79 Å². The lowest BCUT2D eigenvalue weighted by atomic mass is 10.1. The van der Waals surface area contributed by atoms with Crippen LogP contribution in [0.2, 0.25) is 15.1 Å². The van der Waals surface area contributed by atoms with Crippen LogP contribution >= 0.6 is 34.8 Å². The van der Waals surface area contributed by atoms with E-state index in [1.165, 1.54) is 13.2 Å². The fourth-order valence-corrected chi connectivity index (χ4v) is 3.03. The number of nitriles is 1. The molecule has 8 heteroatoms. The minimum absolute atomic E-state index is 0.158. The zero-order valence-electron chi connectivity index (χ0n) is 14.5. The highest BCUT2D eigenvalue weighted by Gasteiger charge is 2.16. The highest BCUT2D eigenvalue weighted by Crippen LogP contribution is 2.37. The summed E-state index contributed by atoms with van der Waals surface area (Å²) in [5, 5.41) is 12.7. The molecule has 0 saturated carbocycles. The van der Waals surface area contributed by atoms with Crippen molar-refractivity contribution in [3.63, 3.8) is 0 Å². The van der Waals surface area contributed by atoms with Gasteiger partial charge in [0.2, 0.25) is 0 Å². The van der Waals surface area contributed by atoms with E-state index in [2.05, 4.69) is 5.32 Å². The van der Waals surface area contributed by atoms with Gasteiger partial charge < -0.3 is 14.8 Å². The van der Waals surface area contributed by atoms with Crippen molar-refractivity contribution in [2.24, 2.45) is 0 Å². The molecule has 0 bridgehead atoms. The molecule has 2 aromatic rings. The normalized spacial score (nSPS) is 10.9. The average molecular weight is 426 g/mol. The summed E-state index contributed by atoms with van der Waals surface area (Å²) in [6.07, 6.45) is 1.38. The monoisotopic (exact) mass is 424 g/mol. The van der Waals surface area contributed by atoms with Crippen LogP contribution in [0, 0.1) is 11.3 Å². The van der Waals surface area contributed by atoms with Gasteiger partial charge in [-0.2, -0.15) is 5.26 Å². The highest BCUT2D eigenvalue weighted by molar-refractivity contribution is 6.40. The molecule has 0 spiro atoms. The largest absolute Gasteiger partial charge is 0.491 e. The van der Waals surface area contributed by atoms with Crippen LogP contribution in [0.15, 0.2) is 35.9 Å². The maximum atomic E-state index is 12.5.